The van der Waals surface area contributed by atoms with Gasteiger partial charge >= 0.3 is 0 Å². The lowest BCUT2D eigenvalue weighted by Crippen LogP contribution is -2.54. The van der Waals surface area contributed by atoms with Crippen LogP contribution in [0.4, 0.5) is 0 Å². The van der Waals surface area contributed by atoms with Crippen molar-refractivity contribution >= 4 is 5.91 Å². The van der Waals surface area contributed by atoms with Crippen LogP contribution in [0, 0.1) is 5.41 Å². The molecule has 27 heavy (non-hydrogen) atoms. The van der Waals surface area contributed by atoms with Crippen molar-refractivity contribution < 1.29 is 4.79 Å². The minimum absolute atomic E-state index is 0.325. The van der Waals surface area contributed by atoms with Gasteiger partial charge in [-0.3, -0.25) is 9.69 Å². The maximum atomic E-state index is 12.3. The first-order chi connectivity index (χ1) is 13.2. The highest BCUT2D eigenvalue weighted by molar-refractivity contribution is 5.78. The largest absolute Gasteiger partial charge is 0.339 e. The highest BCUT2D eigenvalue weighted by Gasteiger charge is 2.45. The van der Waals surface area contributed by atoms with Crippen LogP contribution in [0.3, 0.4) is 0 Å². The van der Waals surface area contributed by atoms with E-state index in [2.05, 4.69) is 39.0 Å². The third-order valence-corrected chi connectivity index (χ3v) is 6.57. The van der Waals surface area contributed by atoms with E-state index in [1.165, 1.54) is 37.8 Å². The van der Waals surface area contributed by atoms with Gasteiger partial charge in [0.05, 0.1) is 6.33 Å². The fourth-order valence-electron chi connectivity index (χ4n) is 4.98. The van der Waals surface area contributed by atoms with Gasteiger partial charge in [-0.05, 0) is 56.3 Å². The summed E-state index contributed by atoms with van der Waals surface area (Å²) >= 11 is 0. The molecule has 2 saturated heterocycles. The van der Waals surface area contributed by atoms with Crippen molar-refractivity contribution in [1.29, 1.82) is 0 Å². The zero-order valence-corrected chi connectivity index (χ0v) is 15.9. The summed E-state index contributed by atoms with van der Waals surface area (Å²) in [6.45, 7) is 4.30. The van der Waals surface area contributed by atoms with Crippen LogP contribution in [-0.4, -0.2) is 50.9 Å². The van der Waals surface area contributed by atoms with Crippen LogP contribution in [0.25, 0.3) is 5.69 Å². The maximum absolute atomic E-state index is 12.3. The van der Waals surface area contributed by atoms with Crippen molar-refractivity contribution in [3.05, 3.63) is 48.5 Å². The van der Waals surface area contributed by atoms with E-state index >= 15 is 0 Å². The third kappa shape index (κ3) is 3.53. The molecule has 0 radical (unpaired) electrons. The van der Waals surface area contributed by atoms with Crippen molar-refractivity contribution in [3.63, 3.8) is 0 Å². The van der Waals surface area contributed by atoms with Crippen LogP contribution >= 0.6 is 0 Å². The Labute approximate surface area is 161 Å². The molecule has 1 aromatic carbocycles. The summed E-state index contributed by atoms with van der Waals surface area (Å²) in [4.78, 5) is 21.3. The van der Waals surface area contributed by atoms with Crippen LogP contribution in [0.1, 0.15) is 44.1 Å². The normalized spacial score (nSPS) is 26.7. The first kappa shape index (κ1) is 17.0. The molecule has 1 saturated carbocycles. The van der Waals surface area contributed by atoms with Crippen LogP contribution in [0.15, 0.2) is 43.0 Å². The molecule has 3 aliphatic rings. The second-order valence-corrected chi connectivity index (χ2v) is 8.70. The molecule has 2 aliphatic heterocycles. The summed E-state index contributed by atoms with van der Waals surface area (Å²) in [6, 6.07) is 9.37. The summed E-state index contributed by atoms with van der Waals surface area (Å²) in [5.74, 6) is 0.398. The quantitative estimate of drug-likeness (QED) is 0.836. The zero-order chi connectivity index (χ0) is 18.3. The van der Waals surface area contributed by atoms with Crippen molar-refractivity contribution in [2.75, 3.05) is 19.6 Å². The van der Waals surface area contributed by atoms with E-state index in [-0.39, 0.29) is 0 Å². The molecule has 1 spiro atoms. The molecule has 5 rings (SSSR count). The minimum atomic E-state index is 0.325. The molecule has 1 aromatic heterocycles. The Balaban J connectivity index is 1.25. The second-order valence-electron chi connectivity index (χ2n) is 8.70. The number of carbonyl (C=O) groups is 1. The lowest BCUT2D eigenvalue weighted by molar-refractivity contribution is -0.140. The number of imidazole rings is 1. The Morgan fingerprint density at radius 1 is 1.11 bits per heavy atom. The molecule has 142 valence electrons. The molecular formula is C22H28N4O. The molecule has 5 heteroatoms. The number of nitrogens with zero attached hydrogens (tertiary/aromatic N) is 4. The standard InChI is InChI=1S/C22H28N4O/c27-21-8-10-22(16-26(21)20-6-7-20)9-1-12-24(15-22)14-18-2-4-19(5-3-18)25-13-11-23-17-25/h2-5,11,13,17,20H,1,6-10,12,14-16H2/t22-/m0/s1. The van der Waals surface area contributed by atoms with E-state index in [9.17, 15) is 4.79 Å². The number of amides is 1. The van der Waals surface area contributed by atoms with Gasteiger partial charge in [0.15, 0.2) is 0 Å². The third-order valence-electron chi connectivity index (χ3n) is 6.57. The number of rotatable bonds is 4. The molecule has 3 heterocycles. The predicted molar refractivity (Wildman–Crippen MR) is 104 cm³/mol. The predicted octanol–water partition coefficient (Wildman–Crippen LogP) is 3.24. The van der Waals surface area contributed by atoms with Gasteiger partial charge in [0, 0.05) is 55.6 Å². The van der Waals surface area contributed by atoms with Gasteiger partial charge in [-0.2, -0.15) is 0 Å². The van der Waals surface area contributed by atoms with Crippen molar-refractivity contribution in [3.8, 4) is 5.69 Å². The molecule has 1 aliphatic carbocycles. The van der Waals surface area contributed by atoms with Crippen molar-refractivity contribution in [1.82, 2.24) is 19.4 Å². The highest BCUT2D eigenvalue weighted by Crippen LogP contribution is 2.42. The number of hydrogen-bond acceptors (Lipinski definition) is 3. The average Bonchev–Trinajstić information content (AvgIpc) is 3.38. The van der Waals surface area contributed by atoms with Gasteiger partial charge in [-0.25, -0.2) is 4.98 Å². The summed E-state index contributed by atoms with van der Waals surface area (Å²) in [7, 11) is 0. The Morgan fingerprint density at radius 2 is 1.96 bits per heavy atom. The van der Waals surface area contributed by atoms with E-state index < -0.39 is 0 Å². The fourth-order valence-corrected chi connectivity index (χ4v) is 4.98. The van der Waals surface area contributed by atoms with E-state index in [0.717, 1.165) is 38.2 Å². The number of carbonyl (C=O) groups excluding carboxylic acids is 1. The van der Waals surface area contributed by atoms with Crippen molar-refractivity contribution in [2.45, 2.75) is 51.1 Å². The summed E-state index contributed by atoms with van der Waals surface area (Å²) in [6.07, 6.45) is 12.4. The number of benzene rings is 1. The number of piperidine rings is 2. The van der Waals surface area contributed by atoms with Crippen LogP contribution in [-0.2, 0) is 11.3 Å². The van der Waals surface area contributed by atoms with Gasteiger partial charge in [0.1, 0.15) is 0 Å². The Morgan fingerprint density at radius 3 is 2.70 bits per heavy atom. The smallest absolute Gasteiger partial charge is 0.222 e. The van der Waals surface area contributed by atoms with E-state index in [4.69, 9.17) is 0 Å². The van der Waals surface area contributed by atoms with Gasteiger partial charge in [-0.1, -0.05) is 12.1 Å². The lowest BCUT2D eigenvalue weighted by Gasteiger charge is -2.48. The summed E-state index contributed by atoms with van der Waals surface area (Å²) < 4.78 is 2.03. The first-order valence-corrected chi connectivity index (χ1v) is 10.3. The summed E-state index contributed by atoms with van der Waals surface area (Å²) in [5.41, 5.74) is 2.84. The molecule has 1 atom stereocenters. The number of likely N-dealkylation sites (tertiary alicyclic amines) is 2. The summed E-state index contributed by atoms with van der Waals surface area (Å²) in [5, 5.41) is 0. The average molecular weight is 364 g/mol. The van der Waals surface area contributed by atoms with E-state index in [1.54, 1.807) is 6.20 Å². The van der Waals surface area contributed by atoms with Gasteiger partial charge in [0.2, 0.25) is 5.91 Å². The number of aromatic nitrogens is 2. The van der Waals surface area contributed by atoms with Crippen LogP contribution < -0.4 is 0 Å². The van der Waals surface area contributed by atoms with Crippen LogP contribution in [0.2, 0.25) is 0 Å². The Hall–Kier alpha value is -2.14. The topological polar surface area (TPSA) is 41.4 Å². The molecule has 0 unspecified atom stereocenters. The second kappa shape index (κ2) is 6.79. The Kier molecular flexibility index (Phi) is 4.27. The van der Waals surface area contributed by atoms with E-state index in [1.807, 2.05) is 17.1 Å². The lowest BCUT2D eigenvalue weighted by atomic mass is 9.73. The Bertz CT molecular complexity index is 796. The molecule has 2 aromatic rings. The highest BCUT2D eigenvalue weighted by atomic mass is 16.2. The zero-order valence-electron chi connectivity index (χ0n) is 15.9. The van der Waals surface area contributed by atoms with Gasteiger partial charge < -0.3 is 9.47 Å². The molecule has 0 N–H and O–H groups in total. The monoisotopic (exact) mass is 364 g/mol. The molecule has 1 amide bonds. The van der Waals surface area contributed by atoms with Gasteiger partial charge in [-0.15, -0.1) is 0 Å². The molecule has 3 fully saturated rings. The van der Waals surface area contributed by atoms with Gasteiger partial charge in [0.25, 0.3) is 0 Å². The first-order valence-electron chi connectivity index (χ1n) is 10.3. The SMILES string of the molecule is O=C1CC[C@]2(CCCN(Cc3ccc(-n4ccnc4)cc3)C2)CN1C1CC1. The number of hydrogen-bond donors (Lipinski definition) is 0. The molecular weight excluding hydrogens is 336 g/mol. The van der Waals surface area contributed by atoms with E-state index in [0.29, 0.717) is 17.4 Å². The molecule has 5 nitrogen and oxygen atoms in total. The fraction of sp³-hybridized carbons (Fsp3) is 0.545. The maximum Gasteiger partial charge on any atom is 0.222 e. The molecule has 0 bridgehead atoms. The minimum Gasteiger partial charge on any atom is -0.339 e. The van der Waals surface area contributed by atoms with Crippen molar-refractivity contribution in [2.24, 2.45) is 5.41 Å². The van der Waals surface area contributed by atoms with Crippen LogP contribution in [0.5, 0.6) is 0 Å².